The van der Waals surface area contributed by atoms with Crippen molar-refractivity contribution in [2.24, 2.45) is 5.73 Å². The lowest BCUT2D eigenvalue weighted by Gasteiger charge is -2.37. The standard InChI is InChI=1S/C11H15BrN2OS/c12-8-2-5-16-9(8)7-14-10(15)6-11(13)3-1-4-11/h2,5H,1,3-4,6-7,13H2,(H,14,15). The summed E-state index contributed by atoms with van der Waals surface area (Å²) in [5, 5.41) is 4.91. The van der Waals surface area contributed by atoms with Crippen molar-refractivity contribution in [1.82, 2.24) is 5.32 Å². The number of amides is 1. The average molecular weight is 303 g/mol. The van der Waals surface area contributed by atoms with Gasteiger partial charge in [0.25, 0.3) is 0 Å². The summed E-state index contributed by atoms with van der Waals surface area (Å²) < 4.78 is 1.06. The van der Waals surface area contributed by atoms with Crippen LogP contribution in [0.2, 0.25) is 0 Å². The zero-order chi connectivity index (χ0) is 11.6. The molecule has 1 aromatic heterocycles. The molecule has 5 heteroatoms. The SMILES string of the molecule is NC1(CC(=O)NCc2sccc2Br)CCC1. The van der Waals surface area contributed by atoms with E-state index in [-0.39, 0.29) is 11.4 Å². The molecular weight excluding hydrogens is 288 g/mol. The van der Waals surface area contributed by atoms with Gasteiger partial charge >= 0.3 is 0 Å². The summed E-state index contributed by atoms with van der Waals surface area (Å²) in [6.45, 7) is 0.590. The summed E-state index contributed by atoms with van der Waals surface area (Å²) in [4.78, 5) is 12.8. The number of hydrogen-bond acceptors (Lipinski definition) is 3. The molecule has 0 bridgehead atoms. The molecule has 0 atom stereocenters. The zero-order valence-corrected chi connectivity index (χ0v) is 11.4. The molecule has 1 aliphatic rings. The van der Waals surface area contributed by atoms with Gasteiger partial charge in [0.15, 0.2) is 0 Å². The number of nitrogens with one attached hydrogen (secondary N) is 1. The second kappa shape index (κ2) is 4.85. The maximum absolute atomic E-state index is 11.7. The predicted molar refractivity (Wildman–Crippen MR) is 69.3 cm³/mol. The Morgan fingerprint density at radius 1 is 1.62 bits per heavy atom. The van der Waals surface area contributed by atoms with E-state index in [0.717, 1.165) is 28.6 Å². The lowest BCUT2D eigenvalue weighted by Crippen LogP contribution is -2.49. The fourth-order valence-corrected chi connectivity index (χ4v) is 3.25. The van der Waals surface area contributed by atoms with Crippen LogP contribution in [0.4, 0.5) is 0 Å². The quantitative estimate of drug-likeness (QED) is 0.897. The number of carbonyl (C=O) groups is 1. The Balaban J connectivity index is 1.78. The van der Waals surface area contributed by atoms with Crippen molar-refractivity contribution >= 4 is 33.2 Å². The molecular formula is C11H15BrN2OS. The fourth-order valence-electron chi connectivity index (χ4n) is 1.82. The molecule has 0 aromatic carbocycles. The van der Waals surface area contributed by atoms with Gasteiger partial charge in [-0.25, -0.2) is 0 Å². The van der Waals surface area contributed by atoms with Gasteiger partial charge in [0.05, 0.1) is 6.54 Å². The predicted octanol–water partition coefficient (Wildman–Crippen LogP) is 2.40. The Labute approximate surface area is 108 Å². The maximum atomic E-state index is 11.7. The largest absolute Gasteiger partial charge is 0.351 e. The molecule has 1 fully saturated rings. The molecule has 3 N–H and O–H groups in total. The van der Waals surface area contributed by atoms with Crippen LogP contribution >= 0.6 is 27.3 Å². The number of thiophene rings is 1. The Hall–Kier alpha value is -0.390. The summed E-state index contributed by atoms with van der Waals surface area (Å²) >= 11 is 5.07. The average Bonchev–Trinajstić information content (AvgIpc) is 2.59. The number of hydrogen-bond donors (Lipinski definition) is 2. The minimum atomic E-state index is -0.225. The molecule has 1 aliphatic carbocycles. The molecule has 0 aliphatic heterocycles. The van der Waals surface area contributed by atoms with E-state index < -0.39 is 0 Å². The van der Waals surface area contributed by atoms with Crippen LogP contribution in [0.3, 0.4) is 0 Å². The summed E-state index contributed by atoms with van der Waals surface area (Å²) in [5.41, 5.74) is 5.79. The van der Waals surface area contributed by atoms with Gasteiger partial charge < -0.3 is 11.1 Å². The minimum absolute atomic E-state index is 0.0579. The summed E-state index contributed by atoms with van der Waals surface area (Å²) in [6.07, 6.45) is 3.56. The van der Waals surface area contributed by atoms with Gasteiger partial charge in [-0.05, 0) is 46.6 Å². The van der Waals surface area contributed by atoms with Crippen LogP contribution in [0, 0.1) is 0 Å². The van der Waals surface area contributed by atoms with E-state index in [2.05, 4.69) is 21.2 Å². The van der Waals surface area contributed by atoms with E-state index in [0.29, 0.717) is 13.0 Å². The Kier molecular flexibility index (Phi) is 3.66. The Morgan fingerprint density at radius 2 is 2.38 bits per heavy atom. The molecule has 0 spiro atoms. The van der Waals surface area contributed by atoms with Crippen molar-refractivity contribution in [3.8, 4) is 0 Å². The van der Waals surface area contributed by atoms with E-state index in [1.165, 1.54) is 0 Å². The van der Waals surface area contributed by atoms with Crippen molar-refractivity contribution in [1.29, 1.82) is 0 Å². The number of carbonyl (C=O) groups excluding carboxylic acids is 1. The van der Waals surface area contributed by atoms with Gasteiger partial charge in [0, 0.05) is 21.3 Å². The highest BCUT2D eigenvalue weighted by molar-refractivity contribution is 9.10. The van der Waals surface area contributed by atoms with Crippen LogP contribution in [0.25, 0.3) is 0 Å². The number of nitrogens with two attached hydrogens (primary N) is 1. The van der Waals surface area contributed by atoms with Crippen LogP contribution in [-0.4, -0.2) is 11.4 Å². The third-order valence-corrected chi connectivity index (χ3v) is 4.93. The second-order valence-electron chi connectivity index (χ2n) is 4.36. The lowest BCUT2D eigenvalue weighted by atomic mass is 9.75. The Morgan fingerprint density at radius 3 is 2.88 bits per heavy atom. The van der Waals surface area contributed by atoms with Crippen LogP contribution in [0.1, 0.15) is 30.6 Å². The van der Waals surface area contributed by atoms with Gasteiger partial charge in [-0.1, -0.05) is 0 Å². The van der Waals surface area contributed by atoms with Crippen LogP contribution in [-0.2, 0) is 11.3 Å². The number of rotatable bonds is 4. The molecule has 88 valence electrons. The fraction of sp³-hybridized carbons (Fsp3) is 0.545. The molecule has 1 heterocycles. The first kappa shape index (κ1) is 12.1. The van der Waals surface area contributed by atoms with Crippen LogP contribution in [0.15, 0.2) is 15.9 Å². The summed E-state index contributed by atoms with van der Waals surface area (Å²) in [6, 6.07) is 1.99. The van der Waals surface area contributed by atoms with Gasteiger partial charge in [-0.15, -0.1) is 11.3 Å². The smallest absolute Gasteiger partial charge is 0.222 e. The van der Waals surface area contributed by atoms with E-state index in [1.807, 2.05) is 11.4 Å². The molecule has 1 saturated carbocycles. The van der Waals surface area contributed by atoms with Gasteiger partial charge in [0.1, 0.15) is 0 Å². The second-order valence-corrected chi connectivity index (χ2v) is 6.22. The van der Waals surface area contributed by atoms with E-state index >= 15 is 0 Å². The third kappa shape index (κ3) is 2.84. The lowest BCUT2D eigenvalue weighted by molar-refractivity contribution is -0.123. The molecule has 1 amide bonds. The first-order chi connectivity index (χ1) is 7.59. The topological polar surface area (TPSA) is 55.1 Å². The summed E-state index contributed by atoms with van der Waals surface area (Å²) in [5.74, 6) is 0.0579. The van der Waals surface area contributed by atoms with Gasteiger partial charge in [-0.2, -0.15) is 0 Å². The maximum Gasteiger partial charge on any atom is 0.222 e. The van der Waals surface area contributed by atoms with E-state index in [9.17, 15) is 4.79 Å². The van der Waals surface area contributed by atoms with E-state index in [1.54, 1.807) is 11.3 Å². The number of halogens is 1. The van der Waals surface area contributed by atoms with Gasteiger partial charge in [-0.3, -0.25) is 4.79 Å². The first-order valence-corrected chi connectivity index (χ1v) is 7.04. The highest BCUT2D eigenvalue weighted by atomic mass is 79.9. The van der Waals surface area contributed by atoms with Crippen molar-refractivity contribution in [2.75, 3.05) is 0 Å². The molecule has 16 heavy (non-hydrogen) atoms. The van der Waals surface area contributed by atoms with Crippen molar-refractivity contribution in [3.05, 3.63) is 20.8 Å². The highest BCUT2D eigenvalue weighted by Crippen LogP contribution is 2.32. The van der Waals surface area contributed by atoms with Crippen LogP contribution in [0.5, 0.6) is 0 Å². The first-order valence-electron chi connectivity index (χ1n) is 5.36. The molecule has 0 radical (unpaired) electrons. The normalized spacial score (nSPS) is 17.9. The molecule has 0 unspecified atom stereocenters. The minimum Gasteiger partial charge on any atom is -0.351 e. The summed E-state index contributed by atoms with van der Waals surface area (Å²) in [7, 11) is 0. The zero-order valence-electron chi connectivity index (χ0n) is 8.96. The van der Waals surface area contributed by atoms with Crippen molar-refractivity contribution in [2.45, 2.75) is 37.8 Å². The van der Waals surface area contributed by atoms with Gasteiger partial charge in [0.2, 0.25) is 5.91 Å². The molecule has 2 rings (SSSR count). The molecule has 1 aromatic rings. The molecule has 0 saturated heterocycles. The van der Waals surface area contributed by atoms with Crippen molar-refractivity contribution < 1.29 is 4.79 Å². The van der Waals surface area contributed by atoms with Crippen LogP contribution < -0.4 is 11.1 Å². The highest BCUT2D eigenvalue weighted by Gasteiger charge is 2.34. The van der Waals surface area contributed by atoms with E-state index in [4.69, 9.17) is 5.73 Å². The monoisotopic (exact) mass is 302 g/mol. The third-order valence-electron chi connectivity index (χ3n) is 3.00. The Bertz CT molecular complexity index is 387. The molecule has 3 nitrogen and oxygen atoms in total. The van der Waals surface area contributed by atoms with Crippen molar-refractivity contribution in [3.63, 3.8) is 0 Å².